The number of nitrogens with zero attached hydrogens (tertiary/aromatic N) is 3. The van der Waals surface area contributed by atoms with Gasteiger partial charge in [0.25, 0.3) is 5.91 Å². The number of aryl methyl sites for hydroxylation is 1. The predicted molar refractivity (Wildman–Crippen MR) is 95.1 cm³/mol. The Bertz CT molecular complexity index is 741. The number of hydrogen-bond donors (Lipinski definition) is 1. The number of nitrogens with one attached hydrogen (secondary N) is 1. The van der Waals surface area contributed by atoms with Gasteiger partial charge in [-0.3, -0.25) is 4.79 Å². The topological polar surface area (TPSA) is 67.3 Å². The lowest BCUT2D eigenvalue weighted by Gasteiger charge is -2.29. The molecule has 3 heterocycles. The van der Waals surface area contributed by atoms with Crippen LogP contribution in [0.4, 0.5) is 11.6 Å². The lowest BCUT2D eigenvalue weighted by atomic mass is 10.0. The van der Waals surface area contributed by atoms with Crippen molar-refractivity contribution < 1.29 is 9.53 Å². The zero-order valence-electron chi connectivity index (χ0n) is 14.1. The first-order chi connectivity index (χ1) is 12.3. The number of benzene rings is 1. The van der Waals surface area contributed by atoms with Gasteiger partial charge in [0.05, 0.1) is 11.7 Å². The molecule has 6 heteroatoms. The number of amides is 1. The summed E-state index contributed by atoms with van der Waals surface area (Å²) < 4.78 is 5.52. The Hall–Kier alpha value is -2.47. The molecular weight excluding hydrogens is 316 g/mol. The molecule has 1 atom stereocenters. The quantitative estimate of drug-likeness (QED) is 0.927. The molecule has 2 aromatic rings. The molecule has 0 aliphatic carbocycles. The third-order valence-electron chi connectivity index (χ3n) is 4.77. The van der Waals surface area contributed by atoms with Gasteiger partial charge in [-0.1, -0.05) is 18.2 Å². The summed E-state index contributed by atoms with van der Waals surface area (Å²) in [6.45, 7) is 2.22. The maximum Gasteiger partial charge on any atom is 0.254 e. The van der Waals surface area contributed by atoms with Gasteiger partial charge in [0.1, 0.15) is 0 Å². The first-order valence-corrected chi connectivity index (χ1v) is 8.88. The van der Waals surface area contributed by atoms with E-state index in [1.165, 1.54) is 5.56 Å². The average molecular weight is 338 g/mol. The van der Waals surface area contributed by atoms with Gasteiger partial charge < -0.3 is 15.0 Å². The van der Waals surface area contributed by atoms with Crippen LogP contribution in [0.15, 0.2) is 36.7 Å². The largest absolute Gasteiger partial charge is 0.376 e. The van der Waals surface area contributed by atoms with E-state index >= 15 is 0 Å². The van der Waals surface area contributed by atoms with E-state index in [2.05, 4.69) is 38.4 Å². The minimum absolute atomic E-state index is 0.133. The summed E-state index contributed by atoms with van der Waals surface area (Å²) in [5.74, 6) is 0.490. The fourth-order valence-electron chi connectivity index (χ4n) is 3.43. The second-order valence-electron chi connectivity index (χ2n) is 6.50. The third kappa shape index (κ3) is 3.49. The van der Waals surface area contributed by atoms with E-state index < -0.39 is 0 Å². The minimum Gasteiger partial charge on any atom is -0.376 e. The molecule has 6 nitrogen and oxygen atoms in total. The molecule has 25 heavy (non-hydrogen) atoms. The second kappa shape index (κ2) is 7.19. The highest BCUT2D eigenvalue weighted by Gasteiger charge is 2.20. The predicted octanol–water partition coefficient (Wildman–Crippen LogP) is 2.47. The van der Waals surface area contributed by atoms with E-state index in [-0.39, 0.29) is 12.0 Å². The van der Waals surface area contributed by atoms with Crippen molar-refractivity contribution >= 4 is 17.5 Å². The van der Waals surface area contributed by atoms with E-state index in [1.807, 2.05) is 6.07 Å². The van der Waals surface area contributed by atoms with Gasteiger partial charge in [-0.05, 0) is 37.3 Å². The van der Waals surface area contributed by atoms with Gasteiger partial charge >= 0.3 is 0 Å². The number of carbonyl (C=O) groups is 1. The van der Waals surface area contributed by atoms with Gasteiger partial charge in [0.15, 0.2) is 0 Å². The number of anilines is 2. The number of fused-ring (bicyclic) bond motifs is 1. The molecule has 130 valence electrons. The number of para-hydroxylation sites is 1. The highest BCUT2D eigenvalue weighted by atomic mass is 16.5. The smallest absolute Gasteiger partial charge is 0.254 e. The van der Waals surface area contributed by atoms with Crippen molar-refractivity contribution in [3.05, 3.63) is 47.8 Å². The van der Waals surface area contributed by atoms with Crippen LogP contribution in [-0.4, -0.2) is 41.7 Å². The Morgan fingerprint density at radius 2 is 2.08 bits per heavy atom. The number of rotatable bonds is 4. The molecule has 1 saturated heterocycles. The standard InChI is InChI=1S/C19H22N4O2/c24-18(20-13-16-7-4-10-25-16)15-11-21-19(22-12-15)23-9-3-6-14-5-1-2-8-17(14)23/h1-2,5,8,11-12,16H,3-4,6-7,9-10,13H2,(H,20,24). The molecular formula is C19H22N4O2. The van der Waals surface area contributed by atoms with Crippen LogP contribution in [0.5, 0.6) is 0 Å². The SMILES string of the molecule is O=C(NCC1CCCO1)c1cnc(N2CCCc3ccccc32)nc1. The summed E-state index contributed by atoms with van der Waals surface area (Å²) in [5, 5.41) is 2.90. The molecule has 2 aliphatic rings. The number of carbonyl (C=O) groups excluding carboxylic acids is 1. The molecule has 1 aromatic heterocycles. The minimum atomic E-state index is -0.152. The summed E-state index contributed by atoms with van der Waals surface area (Å²) in [7, 11) is 0. The van der Waals surface area contributed by atoms with Crippen molar-refractivity contribution in [1.82, 2.24) is 15.3 Å². The van der Waals surface area contributed by atoms with Crippen LogP contribution in [0, 0.1) is 0 Å². The third-order valence-corrected chi connectivity index (χ3v) is 4.77. The second-order valence-corrected chi connectivity index (χ2v) is 6.50. The maximum absolute atomic E-state index is 12.2. The summed E-state index contributed by atoms with van der Waals surface area (Å²) in [4.78, 5) is 23.2. The van der Waals surface area contributed by atoms with Gasteiger partial charge in [-0.15, -0.1) is 0 Å². The number of ether oxygens (including phenoxy) is 1. The molecule has 1 fully saturated rings. The molecule has 0 radical (unpaired) electrons. The first-order valence-electron chi connectivity index (χ1n) is 8.88. The summed E-state index contributed by atoms with van der Waals surface area (Å²) in [6.07, 6.45) is 7.56. The normalized spacial score (nSPS) is 19.5. The van der Waals surface area contributed by atoms with Crippen LogP contribution in [0.3, 0.4) is 0 Å². The summed E-state index contributed by atoms with van der Waals surface area (Å²) >= 11 is 0. The molecule has 1 aromatic carbocycles. The molecule has 0 bridgehead atoms. The van der Waals surface area contributed by atoms with Gasteiger partial charge in [0.2, 0.25) is 5.95 Å². The van der Waals surface area contributed by atoms with E-state index in [0.29, 0.717) is 18.1 Å². The summed E-state index contributed by atoms with van der Waals surface area (Å²) in [6, 6.07) is 8.34. The fraction of sp³-hybridized carbons (Fsp3) is 0.421. The monoisotopic (exact) mass is 338 g/mol. The molecule has 2 aliphatic heterocycles. The Balaban J connectivity index is 1.44. The van der Waals surface area contributed by atoms with Crippen LogP contribution in [0.25, 0.3) is 0 Å². The molecule has 4 rings (SSSR count). The van der Waals surface area contributed by atoms with E-state index in [1.54, 1.807) is 12.4 Å². The zero-order valence-corrected chi connectivity index (χ0v) is 14.1. The van der Waals surface area contributed by atoms with Crippen LogP contribution < -0.4 is 10.2 Å². The highest BCUT2D eigenvalue weighted by molar-refractivity contribution is 5.93. The van der Waals surface area contributed by atoms with Crippen molar-refractivity contribution in [2.24, 2.45) is 0 Å². The van der Waals surface area contributed by atoms with Crippen LogP contribution in [-0.2, 0) is 11.2 Å². The average Bonchev–Trinajstić information content (AvgIpc) is 3.19. The Labute approximate surface area is 147 Å². The lowest BCUT2D eigenvalue weighted by Crippen LogP contribution is -2.32. The number of aromatic nitrogens is 2. The van der Waals surface area contributed by atoms with E-state index in [0.717, 1.165) is 44.5 Å². The van der Waals surface area contributed by atoms with E-state index in [9.17, 15) is 4.79 Å². The van der Waals surface area contributed by atoms with Crippen molar-refractivity contribution in [1.29, 1.82) is 0 Å². The molecule has 1 N–H and O–H groups in total. The number of hydrogen-bond acceptors (Lipinski definition) is 5. The Kier molecular flexibility index (Phi) is 4.61. The van der Waals surface area contributed by atoms with Crippen molar-refractivity contribution in [3.8, 4) is 0 Å². The Morgan fingerprint density at radius 3 is 2.88 bits per heavy atom. The van der Waals surface area contributed by atoms with Gasteiger partial charge in [-0.2, -0.15) is 0 Å². The molecule has 1 unspecified atom stereocenters. The van der Waals surface area contributed by atoms with Crippen LogP contribution in [0.1, 0.15) is 35.2 Å². The Morgan fingerprint density at radius 1 is 1.24 bits per heavy atom. The fourth-order valence-corrected chi connectivity index (χ4v) is 3.43. The van der Waals surface area contributed by atoms with E-state index in [4.69, 9.17) is 4.74 Å². The van der Waals surface area contributed by atoms with Crippen molar-refractivity contribution in [2.45, 2.75) is 31.8 Å². The lowest BCUT2D eigenvalue weighted by molar-refractivity contribution is 0.0857. The summed E-state index contributed by atoms with van der Waals surface area (Å²) in [5.41, 5.74) is 2.95. The highest BCUT2D eigenvalue weighted by Crippen LogP contribution is 2.30. The zero-order chi connectivity index (χ0) is 17.1. The van der Waals surface area contributed by atoms with Gasteiger partial charge in [0, 0.05) is 37.8 Å². The first kappa shape index (κ1) is 16.0. The molecule has 1 amide bonds. The van der Waals surface area contributed by atoms with Crippen molar-refractivity contribution in [3.63, 3.8) is 0 Å². The maximum atomic E-state index is 12.2. The molecule has 0 spiro atoms. The van der Waals surface area contributed by atoms with Crippen LogP contribution >= 0.6 is 0 Å². The van der Waals surface area contributed by atoms with Gasteiger partial charge in [-0.25, -0.2) is 9.97 Å². The van der Waals surface area contributed by atoms with Crippen LogP contribution in [0.2, 0.25) is 0 Å². The molecule has 0 saturated carbocycles. The van der Waals surface area contributed by atoms with Crippen molar-refractivity contribution in [2.75, 3.05) is 24.6 Å².